The van der Waals surface area contributed by atoms with Crippen LogP contribution in [0.25, 0.3) is 11.3 Å². The second kappa shape index (κ2) is 6.95. The Morgan fingerprint density at radius 1 is 1.07 bits per heavy atom. The number of carboxylic acids is 1. The Balaban J connectivity index is 1.77. The van der Waals surface area contributed by atoms with E-state index in [1.54, 1.807) is 12.1 Å². The monoisotopic (exact) mass is 378 g/mol. The molecular weight excluding hydrogens is 356 g/mol. The Bertz CT molecular complexity index is 978. The number of rotatable bonds is 3. The van der Waals surface area contributed by atoms with Crippen LogP contribution in [0, 0.1) is 0 Å². The molecule has 144 valence electrons. The maximum absolute atomic E-state index is 11.2. The lowest BCUT2D eigenvalue weighted by Crippen LogP contribution is -2.58. The number of carboxylic acid groups (broad SMARTS) is 1. The zero-order valence-electron chi connectivity index (χ0n) is 15.4. The van der Waals surface area contributed by atoms with Gasteiger partial charge in [0.2, 0.25) is 11.9 Å². The topological polar surface area (TPSA) is 130 Å². The summed E-state index contributed by atoms with van der Waals surface area (Å²) in [5.74, 6) is -0.530. The summed E-state index contributed by atoms with van der Waals surface area (Å²) in [6, 6.07) is 12.6. The van der Waals surface area contributed by atoms with Gasteiger partial charge < -0.3 is 16.6 Å². The number of hydrogen-bond donors (Lipinski definition) is 3. The number of aliphatic imine (C=N–C) groups is 2. The second-order valence-electron chi connectivity index (χ2n) is 7.08. The molecule has 0 atom stereocenters. The number of carbonyl (C=O) groups is 1. The third-order valence-corrected chi connectivity index (χ3v) is 5.22. The third-order valence-electron chi connectivity index (χ3n) is 5.22. The second-order valence-corrected chi connectivity index (χ2v) is 7.08. The van der Waals surface area contributed by atoms with Gasteiger partial charge in [-0.25, -0.2) is 14.8 Å². The van der Waals surface area contributed by atoms with E-state index in [9.17, 15) is 9.90 Å². The fraction of sp³-hybridized carbons (Fsp3) is 0.300. The summed E-state index contributed by atoms with van der Waals surface area (Å²) in [6.07, 6.45) is 4.95. The van der Waals surface area contributed by atoms with Gasteiger partial charge in [0.1, 0.15) is 11.4 Å². The maximum Gasteiger partial charge on any atom is 0.354 e. The van der Waals surface area contributed by atoms with E-state index in [2.05, 4.69) is 15.0 Å². The minimum atomic E-state index is -1.06. The molecule has 1 aliphatic carbocycles. The van der Waals surface area contributed by atoms with Crippen molar-refractivity contribution in [1.29, 1.82) is 0 Å². The van der Waals surface area contributed by atoms with Gasteiger partial charge in [0.15, 0.2) is 0 Å². The summed E-state index contributed by atoms with van der Waals surface area (Å²) >= 11 is 0. The summed E-state index contributed by atoms with van der Waals surface area (Å²) < 4.78 is 0. The van der Waals surface area contributed by atoms with E-state index in [0.29, 0.717) is 11.7 Å². The summed E-state index contributed by atoms with van der Waals surface area (Å²) in [4.78, 5) is 26.3. The highest BCUT2D eigenvalue weighted by molar-refractivity contribution is 6.05. The first kappa shape index (κ1) is 18.0. The molecule has 8 heteroatoms. The maximum atomic E-state index is 11.2. The number of aromatic carboxylic acids is 1. The van der Waals surface area contributed by atoms with Crippen molar-refractivity contribution in [1.82, 2.24) is 4.98 Å². The van der Waals surface area contributed by atoms with Gasteiger partial charge in [-0.2, -0.15) is 4.99 Å². The van der Waals surface area contributed by atoms with E-state index in [0.717, 1.165) is 43.4 Å². The predicted molar refractivity (Wildman–Crippen MR) is 108 cm³/mol. The van der Waals surface area contributed by atoms with Gasteiger partial charge in [-0.3, -0.25) is 4.90 Å². The molecule has 28 heavy (non-hydrogen) atoms. The molecule has 1 saturated carbocycles. The molecule has 1 aliphatic heterocycles. The van der Waals surface area contributed by atoms with E-state index in [-0.39, 0.29) is 11.7 Å². The Hall–Kier alpha value is -3.42. The van der Waals surface area contributed by atoms with Crippen LogP contribution in [-0.2, 0) is 0 Å². The molecular formula is C20H22N6O2. The molecule has 2 heterocycles. The number of hydrogen-bond acceptors (Lipinski definition) is 7. The molecule has 1 aromatic heterocycles. The molecule has 0 unspecified atom stereocenters. The number of nitrogens with two attached hydrogens (primary N) is 2. The molecule has 2 aromatic rings. The van der Waals surface area contributed by atoms with Crippen LogP contribution in [0.5, 0.6) is 0 Å². The fourth-order valence-electron chi connectivity index (χ4n) is 4.01. The lowest BCUT2D eigenvalue weighted by atomic mass is 9.87. The summed E-state index contributed by atoms with van der Waals surface area (Å²) in [5, 5.41) is 9.21. The van der Waals surface area contributed by atoms with Crippen molar-refractivity contribution in [3.05, 3.63) is 48.2 Å². The van der Waals surface area contributed by atoms with E-state index in [1.165, 1.54) is 6.07 Å². The van der Waals surface area contributed by atoms with E-state index < -0.39 is 11.6 Å². The van der Waals surface area contributed by atoms with Crippen LogP contribution in [0.15, 0.2) is 52.4 Å². The lowest BCUT2D eigenvalue weighted by molar-refractivity contribution is 0.0690. The minimum Gasteiger partial charge on any atom is -0.477 e. The van der Waals surface area contributed by atoms with Crippen LogP contribution < -0.4 is 16.4 Å². The van der Waals surface area contributed by atoms with Gasteiger partial charge >= 0.3 is 5.97 Å². The summed E-state index contributed by atoms with van der Waals surface area (Å²) in [7, 11) is 0. The van der Waals surface area contributed by atoms with Gasteiger partial charge in [0.25, 0.3) is 0 Å². The van der Waals surface area contributed by atoms with Gasteiger partial charge in [0.05, 0.1) is 5.69 Å². The molecule has 1 fully saturated rings. The standard InChI is InChI=1S/C20H22N6O2/c21-18-24-19(22)26(20(25-18)10-2-1-3-11-20)14-7-4-6-13(12-14)15-8-5-9-16(23-15)17(27)28/h4-9,12H,1-3,10-11H2,(H,27,28)(H4,21,22,24,25). The Kier molecular flexibility index (Phi) is 4.46. The highest BCUT2D eigenvalue weighted by atomic mass is 16.4. The largest absolute Gasteiger partial charge is 0.477 e. The minimum absolute atomic E-state index is 0.00285. The zero-order chi connectivity index (χ0) is 19.7. The van der Waals surface area contributed by atoms with Crippen LogP contribution in [0.2, 0.25) is 0 Å². The molecule has 0 amide bonds. The van der Waals surface area contributed by atoms with Crippen molar-refractivity contribution in [2.24, 2.45) is 21.5 Å². The van der Waals surface area contributed by atoms with Crippen molar-refractivity contribution < 1.29 is 9.90 Å². The normalized spacial score (nSPS) is 18.5. The van der Waals surface area contributed by atoms with E-state index >= 15 is 0 Å². The van der Waals surface area contributed by atoms with Crippen LogP contribution >= 0.6 is 0 Å². The van der Waals surface area contributed by atoms with Crippen molar-refractivity contribution in [3.63, 3.8) is 0 Å². The number of guanidine groups is 2. The Labute approximate surface area is 162 Å². The molecule has 1 aromatic carbocycles. The van der Waals surface area contributed by atoms with Crippen molar-refractivity contribution >= 4 is 23.6 Å². The zero-order valence-corrected chi connectivity index (χ0v) is 15.4. The molecule has 8 nitrogen and oxygen atoms in total. The van der Waals surface area contributed by atoms with Gasteiger partial charge in [-0.15, -0.1) is 0 Å². The number of benzene rings is 1. The van der Waals surface area contributed by atoms with Crippen molar-refractivity contribution in [2.45, 2.75) is 37.8 Å². The molecule has 2 aliphatic rings. The molecule has 0 bridgehead atoms. The number of nitrogens with zero attached hydrogens (tertiary/aromatic N) is 4. The highest BCUT2D eigenvalue weighted by Gasteiger charge is 2.42. The summed E-state index contributed by atoms with van der Waals surface area (Å²) in [5.41, 5.74) is 13.9. The fourth-order valence-corrected chi connectivity index (χ4v) is 4.01. The van der Waals surface area contributed by atoms with Gasteiger partial charge in [-0.1, -0.05) is 24.6 Å². The first-order valence-electron chi connectivity index (χ1n) is 9.29. The number of pyridine rings is 1. The first-order valence-corrected chi connectivity index (χ1v) is 9.29. The van der Waals surface area contributed by atoms with Gasteiger partial charge in [-0.05, 0) is 49.9 Å². The average Bonchev–Trinajstić information content (AvgIpc) is 2.68. The van der Waals surface area contributed by atoms with Crippen LogP contribution in [-0.4, -0.2) is 33.6 Å². The van der Waals surface area contributed by atoms with E-state index in [4.69, 9.17) is 11.5 Å². The lowest BCUT2D eigenvalue weighted by Gasteiger charge is -2.45. The van der Waals surface area contributed by atoms with Crippen LogP contribution in [0.1, 0.15) is 42.6 Å². The average molecular weight is 378 g/mol. The van der Waals surface area contributed by atoms with Crippen molar-refractivity contribution in [3.8, 4) is 11.3 Å². The predicted octanol–water partition coefficient (Wildman–Crippen LogP) is 2.56. The summed E-state index contributed by atoms with van der Waals surface area (Å²) in [6.45, 7) is 0. The molecule has 1 spiro atoms. The number of aromatic nitrogens is 1. The van der Waals surface area contributed by atoms with Crippen molar-refractivity contribution in [2.75, 3.05) is 4.90 Å². The van der Waals surface area contributed by atoms with E-state index in [1.807, 2.05) is 29.2 Å². The highest BCUT2D eigenvalue weighted by Crippen LogP contribution is 2.40. The van der Waals surface area contributed by atoms with Crippen LogP contribution in [0.4, 0.5) is 5.69 Å². The first-order chi connectivity index (χ1) is 13.5. The SMILES string of the molecule is NC1=NC2(CCCCC2)N(c2cccc(-c3cccc(C(=O)O)n3)c2)C(N)=N1. The molecule has 4 rings (SSSR count). The quantitative estimate of drug-likeness (QED) is 0.752. The molecule has 0 radical (unpaired) electrons. The molecule has 5 N–H and O–H groups in total. The third kappa shape index (κ3) is 3.17. The Morgan fingerprint density at radius 3 is 2.57 bits per heavy atom. The molecule has 0 saturated heterocycles. The van der Waals surface area contributed by atoms with Gasteiger partial charge in [0, 0.05) is 11.3 Å². The van der Waals surface area contributed by atoms with Crippen LogP contribution in [0.3, 0.4) is 0 Å². The number of anilines is 1. The Morgan fingerprint density at radius 2 is 1.82 bits per heavy atom. The smallest absolute Gasteiger partial charge is 0.354 e.